The molecule has 0 radical (unpaired) electrons. The number of ether oxygens (including phenoxy) is 1. The van der Waals surface area contributed by atoms with E-state index in [-0.39, 0.29) is 0 Å². The molecule has 1 aromatic carbocycles. The molecule has 0 aliphatic carbocycles. The summed E-state index contributed by atoms with van der Waals surface area (Å²) >= 11 is 2.26. The van der Waals surface area contributed by atoms with E-state index in [0.29, 0.717) is 19.8 Å². The van der Waals surface area contributed by atoms with E-state index in [4.69, 9.17) is 4.74 Å². The molecule has 84 valence electrons. The second-order valence-corrected chi connectivity index (χ2v) is 4.45. The Labute approximate surface area is 104 Å². The Hall–Kier alpha value is -0.330. The van der Waals surface area contributed by atoms with Crippen LogP contribution in [0.15, 0.2) is 24.3 Å². The summed E-state index contributed by atoms with van der Waals surface area (Å²) < 4.78 is 6.31. The first kappa shape index (κ1) is 12.7. The van der Waals surface area contributed by atoms with Crippen molar-refractivity contribution in [2.75, 3.05) is 25.1 Å². The molecule has 0 aliphatic rings. The SMILES string of the molecule is CCOCC(O)CNc1ccc(I)cc1. The van der Waals surface area contributed by atoms with Crippen molar-refractivity contribution in [3.05, 3.63) is 27.8 Å². The van der Waals surface area contributed by atoms with Crippen LogP contribution in [0.4, 0.5) is 5.69 Å². The fourth-order valence-electron chi connectivity index (χ4n) is 1.12. The normalized spacial score (nSPS) is 12.5. The lowest BCUT2D eigenvalue weighted by atomic mass is 10.3. The second-order valence-electron chi connectivity index (χ2n) is 3.20. The monoisotopic (exact) mass is 321 g/mol. The third kappa shape index (κ3) is 5.34. The van der Waals surface area contributed by atoms with Crippen LogP contribution >= 0.6 is 22.6 Å². The first-order chi connectivity index (χ1) is 7.22. The van der Waals surface area contributed by atoms with Gasteiger partial charge >= 0.3 is 0 Å². The third-order valence-corrected chi connectivity index (χ3v) is 2.62. The summed E-state index contributed by atoms with van der Waals surface area (Å²) in [6, 6.07) is 8.04. The molecule has 0 aliphatic heterocycles. The molecule has 1 atom stereocenters. The van der Waals surface area contributed by atoms with Gasteiger partial charge in [-0.2, -0.15) is 0 Å². The van der Waals surface area contributed by atoms with Crippen molar-refractivity contribution in [2.45, 2.75) is 13.0 Å². The lowest BCUT2D eigenvalue weighted by molar-refractivity contribution is 0.0496. The van der Waals surface area contributed by atoms with E-state index < -0.39 is 6.10 Å². The molecule has 0 spiro atoms. The predicted octanol–water partition coefficient (Wildman–Crippen LogP) is 2.10. The molecule has 0 bridgehead atoms. The highest BCUT2D eigenvalue weighted by atomic mass is 127. The fraction of sp³-hybridized carbons (Fsp3) is 0.455. The summed E-state index contributed by atoms with van der Waals surface area (Å²) in [5.41, 5.74) is 1.02. The largest absolute Gasteiger partial charge is 0.389 e. The molecule has 3 nitrogen and oxygen atoms in total. The lowest BCUT2D eigenvalue weighted by Gasteiger charge is -2.12. The van der Waals surface area contributed by atoms with E-state index in [2.05, 4.69) is 27.9 Å². The van der Waals surface area contributed by atoms with Crippen molar-refractivity contribution in [1.29, 1.82) is 0 Å². The lowest BCUT2D eigenvalue weighted by Crippen LogP contribution is -2.24. The minimum absolute atomic E-state index is 0.383. The van der Waals surface area contributed by atoms with Crippen LogP contribution in [0.25, 0.3) is 0 Å². The van der Waals surface area contributed by atoms with Gasteiger partial charge in [-0.1, -0.05) is 0 Å². The molecule has 1 rings (SSSR count). The highest BCUT2D eigenvalue weighted by molar-refractivity contribution is 14.1. The minimum atomic E-state index is -0.454. The zero-order valence-corrected chi connectivity index (χ0v) is 10.9. The van der Waals surface area contributed by atoms with Gasteiger partial charge in [0.05, 0.1) is 12.7 Å². The smallest absolute Gasteiger partial charge is 0.0945 e. The number of hydrogen-bond acceptors (Lipinski definition) is 3. The van der Waals surface area contributed by atoms with Crippen LogP contribution < -0.4 is 5.32 Å². The first-order valence-electron chi connectivity index (χ1n) is 4.97. The van der Waals surface area contributed by atoms with E-state index >= 15 is 0 Å². The van der Waals surface area contributed by atoms with Crippen molar-refractivity contribution in [3.63, 3.8) is 0 Å². The minimum Gasteiger partial charge on any atom is -0.389 e. The Morgan fingerprint density at radius 1 is 1.40 bits per heavy atom. The predicted molar refractivity (Wildman–Crippen MR) is 70.1 cm³/mol. The van der Waals surface area contributed by atoms with Crippen LogP contribution in [0.5, 0.6) is 0 Å². The van der Waals surface area contributed by atoms with Crippen LogP contribution in [0, 0.1) is 3.57 Å². The van der Waals surface area contributed by atoms with Gasteiger partial charge in [-0.05, 0) is 53.8 Å². The number of aliphatic hydroxyl groups excluding tert-OH is 1. The average molecular weight is 321 g/mol. The van der Waals surface area contributed by atoms with Gasteiger partial charge in [0.2, 0.25) is 0 Å². The van der Waals surface area contributed by atoms with Crippen molar-refractivity contribution in [1.82, 2.24) is 0 Å². The van der Waals surface area contributed by atoms with E-state index in [1.807, 2.05) is 31.2 Å². The number of halogens is 1. The van der Waals surface area contributed by atoms with Crippen molar-refractivity contribution in [2.24, 2.45) is 0 Å². The summed E-state index contributed by atoms with van der Waals surface area (Å²) in [5.74, 6) is 0. The maximum Gasteiger partial charge on any atom is 0.0945 e. The Balaban J connectivity index is 2.27. The summed E-state index contributed by atoms with van der Waals surface area (Å²) in [4.78, 5) is 0. The van der Waals surface area contributed by atoms with Gasteiger partial charge in [0.25, 0.3) is 0 Å². The average Bonchev–Trinajstić information content (AvgIpc) is 2.25. The molecule has 0 heterocycles. The molecule has 1 unspecified atom stereocenters. The molecule has 0 saturated heterocycles. The molecule has 4 heteroatoms. The maximum atomic E-state index is 9.51. The van der Waals surface area contributed by atoms with E-state index in [0.717, 1.165) is 5.69 Å². The topological polar surface area (TPSA) is 41.5 Å². The van der Waals surface area contributed by atoms with Gasteiger partial charge in [-0.3, -0.25) is 0 Å². The highest BCUT2D eigenvalue weighted by Crippen LogP contribution is 2.10. The fourth-order valence-corrected chi connectivity index (χ4v) is 1.48. The Bertz CT molecular complexity index is 276. The van der Waals surface area contributed by atoms with Gasteiger partial charge in [0, 0.05) is 22.4 Å². The number of nitrogens with one attached hydrogen (secondary N) is 1. The molecule has 0 amide bonds. The molecule has 1 aromatic rings. The summed E-state index contributed by atoms with van der Waals surface area (Å²) in [6.45, 7) is 3.45. The molecule has 15 heavy (non-hydrogen) atoms. The van der Waals surface area contributed by atoms with E-state index in [1.54, 1.807) is 0 Å². The second kappa shape index (κ2) is 7.03. The van der Waals surface area contributed by atoms with Crippen LogP contribution in [-0.4, -0.2) is 31.0 Å². The molecular weight excluding hydrogens is 305 g/mol. The third-order valence-electron chi connectivity index (χ3n) is 1.90. The van der Waals surface area contributed by atoms with Gasteiger partial charge < -0.3 is 15.2 Å². The molecule has 0 aromatic heterocycles. The number of anilines is 1. The van der Waals surface area contributed by atoms with Gasteiger partial charge in [-0.25, -0.2) is 0 Å². The molecule has 0 fully saturated rings. The zero-order valence-electron chi connectivity index (χ0n) is 8.74. The Morgan fingerprint density at radius 2 is 2.07 bits per heavy atom. The summed E-state index contributed by atoms with van der Waals surface area (Å²) in [6.07, 6.45) is -0.454. The highest BCUT2D eigenvalue weighted by Gasteiger charge is 2.02. The van der Waals surface area contributed by atoms with E-state index in [1.165, 1.54) is 3.57 Å². The zero-order chi connectivity index (χ0) is 11.1. The van der Waals surface area contributed by atoms with E-state index in [9.17, 15) is 5.11 Å². The van der Waals surface area contributed by atoms with Crippen LogP contribution in [0.1, 0.15) is 6.92 Å². The molecule has 0 saturated carbocycles. The number of rotatable bonds is 6. The molecule has 2 N–H and O–H groups in total. The van der Waals surface area contributed by atoms with Crippen molar-refractivity contribution < 1.29 is 9.84 Å². The standard InChI is InChI=1S/C11H16INO2/c1-2-15-8-11(14)7-13-10-5-3-9(12)4-6-10/h3-6,11,13-14H,2,7-8H2,1H3. The van der Waals surface area contributed by atoms with Gasteiger partial charge in [0.1, 0.15) is 0 Å². The van der Waals surface area contributed by atoms with Gasteiger partial charge in [0.15, 0.2) is 0 Å². The Morgan fingerprint density at radius 3 is 2.67 bits per heavy atom. The van der Waals surface area contributed by atoms with Crippen molar-refractivity contribution >= 4 is 28.3 Å². The van der Waals surface area contributed by atoms with Crippen LogP contribution in [0.2, 0.25) is 0 Å². The number of benzene rings is 1. The van der Waals surface area contributed by atoms with Crippen LogP contribution in [-0.2, 0) is 4.74 Å². The van der Waals surface area contributed by atoms with Crippen LogP contribution in [0.3, 0.4) is 0 Å². The maximum absolute atomic E-state index is 9.51. The first-order valence-corrected chi connectivity index (χ1v) is 6.05. The van der Waals surface area contributed by atoms with Gasteiger partial charge in [-0.15, -0.1) is 0 Å². The molecular formula is C11H16INO2. The quantitative estimate of drug-likeness (QED) is 0.789. The number of hydrogen-bond donors (Lipinski definition) is 2. The Kier molecular flexibility index (Phi) is 5.97. The van der Waals surface area contributed by atoms with Crippen molar-refractivity contribution in [3.8, 4) is 0 Å². The summed E-state index contributed by atoms with van der Waals surface area (Å²) in [7, 11) is 0. The summed E-state index contributed by atoms with van der Waals surface area (Å²) in [5, 5.41) is 12.7. The number of aliphatic hydroxyl groups is 1.